The van der Waals surface area contributed by atoms with Crippen molar-refractivity contribution in [3.8, 4) is 0 Å². The van der Waals surface area contributed by atoms with Crippen LogP contribution in [0.15, 0.2) is 0 Å². The fourth-order valence-corrected chi connectivity index (χ4v) is 1.60. The first kappa shape index (κ1) is 14.9. The van der Waals surface area contributed by atoms with E-state index in [1.165, 1.54) is 0 Å². The highest BCUT2D eigenvalue weighted by atomic mass is 16.3. The molecule has 0 radical (unpaired) electrons. The van der Waals surface area contributed by atoms with E-state index in [4.69, 9.17) is 10.2 Å². The first-order chi connectivity index (χ1) is 7.16. The molecule has 0 aromatic heterocycles. The van der Waals surface area contributed by atoms with Gasteiger partial charge in [0.15, 0.2) is 0 Å². The Bertz CT molecular complexity index is 126. The maximum absolute atomic E-state index is 9.55. The smallest absolute Gasteiger partial charge is 0.0541 e. The highest BCUT2D eigenvalue weighted by Gasteiger charge is 2.05. The second kappa shape index (κ2) is 10.4. The molecule has 0 aromatic rings. The van der Waals surface area contributed by atoms with Gasteiger partial charge < -0.3 is 15.3 Å². The zero-order valence-corrected chi connectivity index (χ0v) is 9.86. The van der Waals surface area contributed by atoms with E-state index in [2.05, 4.69) is 0 Å². The predicted octanol–water partition coefficient (Wildman–Crippen LogP) is 1.84. The van der Waals surface area contributed by atoms with Crippen LogP contribution in [0.2, 0.25) is 0 Å². The van der Waals surface area contributed by atoms with Crippen LogP contribution < -0.4 is 0 Å². The van der Waals surface area contributed by atoms with Crippen molar-refractivity contribution in [3.05, 3.63) is 0 Å². The lowest BCUT2D eigenvalue weighted by molar-refractivity contribution is 0.114. The van der Waals surface area contributed by atoms with Crippen molar-refractivity contribution in [1.82, 2.24) is 0 Å². The summed E-state index contributed by atoms with van der Waals surface area (Å²) in [5.41, 5.74) is 0. The SMILES string of the molecule is CC(O)CCC(O)CCCCCCCO. The Morgan fingerprint density at radius 3 is 2.00 bits per heavy atom. The van der Waals surface area contributed by atoms with Crippen LogP contribution in [0.1, 0.15) is 58.3 Å². The van der Waals surface area contributed by atoms with Crippen LogP contribution in [-0.2, 0) is 0 Å². The summed E-state index contributed by atoms with van der Waals surface area (Å²) in [5.74, 6) is 0. The van der Waals surface area contributed by atoms with Gasteiger partial charge in [0.25, 0.3) is 0 Å². The second-order valence-electron chi connectivity index (χ2n) is 4.36. The molecule has 3 heteroatoms. The van der Waals surface area contributed by atoms with Gasteiger partial charge in [0.2, 0.25) is 0 Å². The largest absolute Gasteiger partial charge is 0.396 e. The Morgan fingerprint density at radius 1 is 0.800 bits per heavy atom. The summed E-state index contributed by atoms with van der Waals surface area (Å²) in [4.78, 5) is 0. The van der Waals surface area contributed by atoms with Crippen LogP contribution in [-0.4, -0.2) is 34.1 Å². The summed E-state index contributed by atoms with van der Waals surface area (Å²) in [6.45, 7) is 2.04. The van der Waals surface area contributed by atoms with Gasteiger partial charge in [0, 0.05) is 6.61 Å². The number of aliphatic hydroxyl groups is 3. The summed E-state index contributed by atoms with van der Waals surface area (Å²) in [7, 11) is 0. The summed E-state index contributed by atoms with van der Waals surface area (Å²) in [5, 5.41) is 27.2. The maximum Gasteiger partial charge on any atom is 0.0541 e. The number of hydrogen-bond donors (Lipinski definition) is 3. The van der Waals surface area contributed by atoms with E-state index in [-0.39, 0.29) is 18.8 Å². The van der Waals surface area contributed by atoms with E-state index < -0.39 is 0 Å². The van der Waals surface area contributed by atoms with Crippen LogP contribution in [0.4, 0.5) is 0 Å². The molecule has 0 aromatic carbocycles. The molecule has 0 bridgehead atoms. The normalized spacial score (nSPS) is 15.2. The van der Waals surface area contributed by atoms with Gasteiger partial charge in [0.1, 0.15) is 0 Å². The minimum absolute atomic E-state index is 0.252. The fraction of sp³-hybridized carbons (Fsp3) is 1.00. The molecule has 0 saturated carbocycles. The lowest BCUT2D eigenvalue weighted by Gasteiger charge is -2.11. The van der Waals surface area contributed by atoms with Gasteiger partial charge in [-0.15, -0.1) is 0 Å². The molecule has 3 nitrogen and oxygen atoms in total. The second-order valence-corrected chi connectivity index (χ2v) is 4.36. The average Bonchev–Trinajstić information content (AvgIpc) is 2.20. The molecular formula is C12H26O3. The van der Waals surface area contributed by atoms with Crippen LogP contribution >= 0.6 is 0 Å². The Kier molecular flexibility index (Phi) is 10.3. The van der Waals surface area contributed by atoms with Crippen molar-refractivity contribution < 1.29 is 15.3 Å². The maximum atomic E-state index is 9.55. The van der Waals surface area contributed by atoms with Gasteiger partial charge in [-0.25, -0.2) is 0 Å². The number of hydrogen-bond acceptors (Lipinski definition) is 3. The molecule has 92 valence electrons. The number of aliphatic hydroxyl groups excluding tert-OH is 3. The van der Waals surface area contributed by atoms with E-state index in [0.29, 0.717) is 12.8 Å². The Balaban J connectivity index is 3.13. The molecule has 0 aliphatic heterocycles. The fourth-order valence-electron chi connectivity index (χ4n) is 1.60. The summed E-state index contributed by atoms with van der Waals surface area (Å²) >= 11 is 0. The summed E-state index contributed by atoms with van der Waals surface area (Å²) in [6.07, 6.45) is 6.97. The van der Waals surface area contributed by atoms with E-state index in [1.807, 2.05) is 0 Å². The van der Waals surface area contributed by atoms with Crippen LogP contribution in [0.3, 0.4) is 0 Å². The van der Waals surface area contributed by atoms with Crippen molar-refractivity contribution in [2.75, 3.05) is 6.61 Å². The van der Waals surface area contributed by atoms with Crippen molar-refractivity contribution >= 4 is 0 Å². The summed E-state index contributed by atoms with van der Waals surface area (Å²) < 4.78 is 0. The van der Waals surface area contributed by atoms with Crippen molar-refractivity contribution in [2.45, 2.75) is 70.5 Å². The molecule has 15 heavy (non-hydrogen) atoms. The van der Waals surface area contributed by atoms with Crippen molar-refractivity contribution in [2.24, 2.45) is 0 Å². The first-order valence-corrected chi connectivity index (χ1v) is 6.13. The number of rotatable bonds is 10. The van der Waals surface area contributed by atoms with E-state index in [9.17, 15) is 5.11 Å². The van der Waals surface area contributed by atoms with Gasteiger partial charge in [-0.05, 0) is 32.6 Å². The molecule has 0 spiro atoms. The highest BCUT2D eigenvalue weighted by Crippen LogP contribution is 2.11. The topological polar surface area (TPSA) is 60.7 Å². The predicted molar refractivity (Wildman–Crippen MR) is 61.7 cm³/mol. The van der Waals surface area contributed by atoms with Gasteiger partial charge in [-0.3, -0.25) is 0 Å². The Morgan fingerprint density at radius 2 is 1.40 bits per heavy atom. The highest BCUT2D eigenvalue weighted by molar-refractivity contribution is 4.59. The summed E-state index contributed by atoms with van der Waals surface area (Å²) in [6, 6.07) is 0. The van der Waals surface area contributed by atoms with Gasteiger partial charge in [-0.2, -0.15) is 0 Å². The third kappa shape index (κ3) is 11.8. The van der Waals surface area contributed by atoms with E-state index in [1.54, 1.807) is 6.92 Å². The molecule has 3 N–H and O–H groups in total. The molecule has 0 amide bonds. The Hall–Kier alpha value is -0.120. The minimum Gasteiger partial charge on any atom is -0.396 e. The third-order valence-electron chi connectivity index (χ3n) is 2.61. The van der Waals surface area contributed by atoms with E-state index >= 15 is 0 Å². The molecule has 0 aliphatic rings. The molecule has 0 aliphatic carbocycles. The van der Waals surface area contributed by atoms with Crippen molar-refractivity contribution in [3.63, 3.8) is 0 Å². The standard InChI is InChI=1S/C12H26O3/c1-11(14)8-9-12(15)7-5-3-2-4-6-10-13/h11-15H,2-10H2,1H3. The van der Waals surface area contributed by atoms with Crippen LogP contribution in [0.5, 0.6) is 0 Å². The van der Waals surface area contributed by atoms with Gasteiger partial charge >= 0.3 is 0 Å². The molecular weight excluding hydrogens is 192 g/mol. The van der Waals surface area contributed by atoms with Crippen molar-refractivity contribution in [1.29, 1.82) is 0 Å². The molecule has 2 unspecified atom stereocenters. The number of unbranched alkanes of at least 4 members (excludes halogenated alkanes) is 4. The zero-order valence-electron chi connectivity index (χ0n) is 9.86. The molecule has 0 fully saturated rings. The molecule has 0 heterocycles. The third-order valence-corrected chi connectivity index (χ3v) is 2.61. The lowest BCUT2D eigenvalue weighted by Crippen LogP contribution is -2.10. The zero-order chi connectivity index (χ0) is 11.5. The quantitative estimate of drug-likeness (QED) is 0.490. The van der Waals surface area contributed by atoms with Crippen LogP contribution in [0.25, 0.3) is 0 Å². The Labute approximate surface area is 93.1 Å². The first-order valence-electron chi connectivity index (χ1n) is 6.13. The van der Waals surface area contributed by atoms with Gasteiger partial charge in [-0.1, -0.05) is 25.7 Å². The molecule has 2 atom stereocenters. The molecule has 0 saturated heterocycles. The van der Waals surface area contributed by atoms with E-state index in [0.717, 1.165) is 38.5 Å². The minimum atomic E-state index is -0.302. The molecule has 0 rings (SSSR count). The average molecular weight is 218 g/mol. The lowest BCUT2D eigenvalue weighted by atomic mass is 10.0. The van der Waals surface area contributed by atoms with Crippen LogP contribution in [0, 0.1) is 0 Å². The monoisotopic (exact) mass is 218 g/mol. The van der Waals surface area contributed by atoms with Gasteiger partial charge in [0.05, 0.1) is 12.2 Å².